The van der Waals surface area contributed by atoms with Crippen LogP contribution in [0.1, 0.15) is 19.5 Å². The van der Waals surface area contributed by atoms with E-state index in [1.165, 1.54) is 20.0 Å². The lowest BCUT2D eigenvalue weighted by Gasteiger charge is -2.21. The maximum Gasteiger partial charge on any atom is 0.328 e. The van der Waals surface area contributed by atoms with Gasteiger partial charge in [0.05, 0.1) is 12.2 Å². The van der Waals surface area contributed by atoms with Gasteiger partial charge in [0.1, 0.15) is 5.54 Å². The summed E-state index contributed by atoms with van der Waals surface area (Å²) in [6, 6.07) is 2.83. The summed E-state index contributed by atoms with van der Waals surface area (Å²) < 4.78 is 0. The maximum absolute atomic E-state index is 11.4. The fourth-order valence-corrected chi connectivity index (χ4v) is 0.980. The fourth-order valence-electron chi connectivity index (χ4n) is 0.980. The number of nitrogens with zero attached hydrogens (tertiary/aromatic N) is 2. The van der Waals surface area contributed by atoms with Gasteiger partial charge in [0.15, 0.2) is 0 Å². The van der Waals surface area contributed by atoms with Crippen LogP contribution in [0.5, 0.6) is 0 Å². The van der Waals surface area contributed by atoms with E-state index >= 15 is 0 Å². The van der Waals surface area contributed by atoms with E-state index in [2.05, 4.69) is 20.8 Å². The molecule has 0 radical (unpaired) electrons. The van der Waals surface area contributed by atoms with E-state index in [0.717, 1.165) is 0 Å². The summed E-state index contributed by atoms with van der Waals surface area (Å²) in [5.74, 6) is -1.10. The Morgan fingerprint density at radius 3 is 2.71 bits per heavy atom. The maximum atomic E-state index is 11.4. The molecule has 92 valence electrons. The molecule has 1 rings (SSSR count). The van der Waals surface area contributed by atoms with Gasteiger partial charge in [-0.15, -0.1) is 0 Å². The molecule has 0 unspecified atom stereocenters. The molecule has 3 N–H and O–H groups in total. The highest BCUT2D eigenvalue weighted by molar-refractivity contribution is 5.85. The first-order chi connectivity index (χ1) is 7.92. The van der Waals surface area contributed by atoms with E-state index in [-0.39, 0.29) is 6.54 Å². The molecule has 0 atom stereocenters. The van der Waals surface area contributed by atoms with Crippen LogP contribution in [0.3, 0.4) is 0 Å². The predicted octanol–water partition coefficient (Wildman–Crippen LogP) is 0.139. The Kier molecular flexibility index (Phi) is 3.97. The van der Waals surface area contributed by atoms with Crippen molar-refractivity contribution in [1.82, 2.24) is 20.8 Å². The number of aromatic nitrogens is 2. The lowest BCUT2D eigenvalue weighted by Crippen LogP contribution is -2.53. The third kappa shape index (κ3) is 4.06. The standard InChI is InChI=1S/C10H14N4O3/c1-10(2,8(15)16)13-9(17)11-6-7-4-3-5-12-14-7/h3-5H,6H2,1-2H3,(H,15,16)(H2,11,13,17). The summed E-state index contributed by atoms with van der Waals surface area (Å²) in [6.07, 6.45) is 1.52. The summed E-state index contributed by atoms with van der Waals surface area (Å²) in [6.45, 7) is 2.99. The molecule has 0 aliphatic carbocycles. The van der Waals surface area contributed by atoms with E-state index in [1.54, 1.807) is 12.1 Å². The van der Waals surface area contributed by atoms with Crippen molar-refractivity contribution in [1.29, 1.82) is 0 Å². The summed E-state index contributed by atoms with van der Waals surface area (Å²) in [5, 5.41) is 21.1. The topological polar surface area (TPSA) is 104 Å². The van der Waals surface area contributed by atoms with Gasteiger partial charge < -0.3 is 15.7 Å². The zero-order valence-electron chi connectivity index (χ0n) is 9.60. The van der Waals surface area contributed by atoms with E-state index in [1.807, 2.05) is 0 Å². The van der Waals surface area contributed by atoms with Crippen LogP contribution >= 0.6 is 0 Å². The van der Waals surface area contributed by atoms with Crippen LogP contribution in [0.15, 0.2) is 18.3 Å². The van der Waals surface area contributed by atoms with Gasteiger partial charge in [-0.25, -0.2) is 9.59 Å². The third-order valence-corrected chi connectivity index (χ3v) is 2.02. The summed E-state index contributed by atoms with van der Waals surface area (Å²) >= 11 is 0. The second-order valence-electron chi connectivity index (χ2n) is 3.95. The number of carbonyl (C=O) groups is 2. The number of amides is 2. The van der Waals surface area contributed by atoms with Gasteiger partial charge in [-0.1, -0.05) is 0 Å². The smallest absolute Gasteiger partial charge is 0.328 e. The number of carboxylic acid groups (broad SMARTS) is 1. The quantitative estimate of drug-likeness (QED) is 0.692. The molecule has 1 aromatic rings. The molecule has 7 heteroatoms. The average Bonchev–Trinajstić information content (AvgIpc) is 2.27. The minimum atomic E-state index is -1.31. The van der Waals surface area contributed by atoms with Gasteiger partial charge >= 0.3 is 12.0 Å². The first-order valence-corrected chi connectivity index (χ1v) is 4.98. The number of aliphatic carboxylic acids is 1. The molecule has 7 nitrogen and oxygen atoms in total. The molecule has 0 saturated carbocycles. The second kappa shape index (κ2) is 5.24. The number of carbonyl (C=O) groups excluding carboxylic acids is 1. The number of hydrogen-bond acceptors (Lipinski definition) is 4. The number of nitrogens with one attached hydrogen (secondary N) is 2. The predicted molar refractivity (Wildman–Crippen MR) is 59.1 cm³/mol. The number of urea groups is 1. The third-order valence-electron chi connectivity index (χ3n) is 2.02. The largest absolute Gasteiger partial charge is 0.480 e. The van der Waals surface area contributed by atoms with Crippen molar-refractivity contribution >= 4 is 12.0 Å². The number of hydrogen-bond donors (Lipinski definition) is 3. The first kappa shape index (κ1) is 12.9. The van der Waals surface area contributed by atoms with Crippen LogP contribution in [0.4, 0.5) is 4.79 Å². The van der Waals surface area contributed by atoms with Gasteiger partial charge in [0, 0.05) is 6.20 Å². The SMILES string of the molecule is CC(C)(NC(=O)NCc1cccnn1)C(=O)O. The minimum absolute atomic E-state index is 0.190. The van der Waals surface area contributed by atoms with E-state index < -0.39 is 17.5 Å². The molecule has 0 spiro atoms. The van der Waals surface area contributed by atoms with Crippen LogP contribution in [0.2, 0.25) is 0 Å². The Balaban J connectivity index is 2.44. The Labute approximate surface area is 98.2 Å². The van der Waals surface area contributed by atoms with Crippen LogP contribution in [-0.4, -0.2) is 32.8 Å². The van der Waals surface area contributed by atoms with Crippen LogP contribution in [-0.2, 0) is 11.3 Å². The molecule has 2 amide bonds. The minimum Gasteiger partial charge on any atom is -0.480 e. The van der Waals surface area contributed by atoms with Crippen molar-refractivity contribution < 1.29 is 14.7 Å². The van der Waals surface area contributed by atoms with Gasteiger partial charge in [-0.2, -0.15) is 10.2 Å². The van der Waals surface area contributed by atoms with Crippen molar-refractivity contribution in [3.63, 3.8) is 0 Å². The molecule has 1 heterocycles. The Morgan fingerprint density at radius 1 is 1.47 bits per heavy atom. The molecule has 17 heavy (non-hydrogen) atoms. The summed E-state index contributed by atoms with van der Waals surface area (Å²) in [4.78, 5) is 22.2. The molecular weight excluding hydrogens is 224 g/mol. The molecule has 0 bridgehead atoms. The van der Waals surface area contributed by atoms with Gasteiger partial charge in [-0.3, -0.25) is 0 Å². The fraction of sp³-hybridized carbons (Fsp3) is 0.400. The number of carboxylic acids is 1. The Bertz CT molecular complexity index is 405. The molecule has 1 aromatic heterocycles. The monoisotopic (exact) mass is 238 g/mol. The molecule has 0 aliphatic heterocycles. The summed E-state index contributed by atoms with van der Waals surface area (Å²) in [7, 11) is 0. The lowest BCUT2D eigenvalue weighted by atomic mass is 10.1. The van der Waals surface area contributed by atoms with Crippen LogP contribution < -0.4 is 10.6 Å². The van der Waals surface area contributed by atoms with E-state index in [4.69, 9.17) is 5.11 Å². The van der Waals surface area contributed by atoms with Crippen molar-refractivity contribution in [3.8, 4) is 0 Å². The highest BCUT2D eigenvalue weighted by atomic mass is 16.4. The normalized spacial score (nSPS) is 10.7. The van der Waals surface area contributed by atoms with Crippen LogP contribution in [0, 0.1) is 0 Å². The lowest BCUT2D eigenvalue weighted by molar-refractivity contribution is -0.142. The Morgan fingerprint density at radius 2 is 2.18 bits per heavy atom. The van der Waals surface area contributed by atoms with Crippen molar-refractivity contribution in [3.05, 3.63) is 24.0 Å². The van der Waals surface area contributed by atoms with Crippen LogP contribution in [0.25, 0.3) is 0 Å². The van der Waals surface area contributed by atoms with Crippen molar-refractivity contribution in [2.45, 2.75) is 25.9 Å². The molecule has 0 saturated heterocycles. The first-order valence-electron chi connectivity index (χ1n) is 4.98. The van der Waals surface area contributed by atoms with Crippen molar-refractivity contribution in [2.75, 3.05) is 0 Å². The van der Waals surface area contributed by atoms with E-state index in [0.29, 0.717) is 5.69 Å². The average molecular weight is 238 g/mol. The zero-order valence-corrected chi connectivity index (χ0v) is 9.60. The zero-order chi connectivity index (χ0) is 12.9. The summed E-state index contributed by atoms with van der Waals surface area (Å²) in [5.41, 5.74) is -0.720. The molecule has 0 aromatic carbocycles. The molecular formula is C10H14N4O3. The molecule has 0 fully saturated rings. The van der Waals surface area contributed by atoms with Gasteiger partial charge in [0.2, 0.25) is 0 Å². The van der Waals surface area contributed by atoms with E-state index in [9.17, 15) is 9.59 Å². The van der Waals surface area contributed by atoms with Crippen molar-refractivity contribution in [2.24, 2.45) is 0 Å². The Hall–Kier alpha value is -2.18. The molecule has 0 aliphatic rings. The van der Waals surface area contributed by atoms with Gasteiger partial charge in [0.25, 0.3) is 0 Å². The number of rotatable bonds is 4. The second-order valence-corrected chi connectivity index (χ2v) is 3.95. The highest BCUT2D eigenvalue weighted by Crippen LogP contribution is 2.01. The highest BCUT2D eigenvalue weighted by Gasteiger charge is 2.28. The van der Waals surface area contributed by atoms with Gasteiger partial charge in [-0.05, 0) is 26.0 Å².